The third-order valence-electron chi connectivity index (χ3n) is 4.36. The van der Waals surface area contributed by atoms with Gasteiger partial charge in [-0.25, -0.2) is 4.79 Å². The van der Waals surface area contributed by atoms with E-state index in [-0.39, 0.29) is 18.8 Å². The van der Waals surface area contributed by atoms with Crippen LogP contribution in [0.3, 0.4) is 0 Å². The van der Waals surface area contributed by atoms with E-state index in [1.165, 1.54) is 11.0 Å². The zero-order chi connectivity index (χ0) is 20.7. The molecule has 0 fully saturated rings. The topological polar surface area (TPSA) is 32.3 Å². The van der Waals surface area contributed by atoms with Crippen molar-refractivity contribution in [2.75, 3.05) is 11.9 Å². The van der Waals surface area contributed by atoms with E-state index in [2.05, 4.69) is 5.32 Å². The Morgan fingerprint density at radius 1 is 0.964 bits per heavy atom. The lowest BCUT2D eigenvalue weighted by Crippen LogP contribution is -2.39. The summed E-state index contributed by atoms with van der Waals surface area (Å²) < 4.78 is 76.8. The largest absolute Gasteiger partial charge is 0.417 e. The number of nitrogens with one attached hydrogen (secondary N) is 1. The maximum Gasteiger partial charge on any atom is 0.417 e. The van der Waals surface area contributed by atoms with E-state index in [4.69, 9.17) is 11.6 Å². The van der Waals surface area contributed by atoms with Crippen LogP contribution in [0.25, 0.3) is 0 Å². The molecule has 0 aliphatic carbocycles. The highest BCUT2D eigenvalue weighted by Gasteiger charge is 2.34. The van der Waals surface area contributed by atoms with Gasteiger partial charge in [0.25, 0.3) is 0 Å². The van der Waals surface area contributed by atoms with Crippen LogP contribution < -0.4 is 5.32 Å². The Hall–Kier alpha value is -2.42. The molecule has 0 bridgehead atoms. The highest BCUT2D eigenvalue weighted by atomic mass is 35.5. The smallest absolute Gasteiger partial charge is 0.320 e. The number of alkyl halides is 6. The van der Waals surface area contributed by atoms with E-state index in [1.54, 1.807) is 0 Å². The minimum atomic E-state index is -4.62. The number of benzene rings is 2. The van der Waals surface area contributed by atoms with Gasteiger partial charge in [0.2, 0.25) is 0 Å². The Morgan fingerprint density at radius 3 is 2.29 bits per heavy atom. The van der Waals surface area contributed by atoms with Crippen LogP contribution in [0.1, 0.15) is 22.3 Å². The number of rotatable bonds is 1. The minimum Gasteiger partial charge on any atom is -0.320 e. The lowest BCUT2D eigenvalue weighted by atomic mass is 9.97. The number of anilines is 1. The molecule has 2 amide bonds. The molecular weight excluding hydrogens is 410 g/mol. The van der Waals surface area contributed by atoms with Crippen LogP contribution in [0, 0.1) is 0 Å². The first kappa shape index (κ1) is 20.3. The predicted octanol–water partition coefficient (Wildman–Crippen LogP) is 5.97. The first-order valence-electron chi connectivity index (χ1n) is 8.07. The molecule has 1 aliphatic heterocycles. The van der Waals surface area contributed by atoms with Crippen molar-refractivity contribution in [1.29, 1.82) is 0 Å². The maximum absolute atomic E-state index is 12.9. The highest BCUT2D eigenvalue weighted by Crippen LogP contribution is 2.36. The number of fused-ring (bicyclic) bond motifs is 1. The molecule has 1 aliphatic rings. The van der Waals surface area contributed by atoms with E-state index in [0.717, 1.165) is 35.9 Å². The fourth-order valence-electron chi connectivity index (χ4n) is 2.93. The number of hydrogen-bond acceptors (Lipinski definition) is 1. The summed E-state index contributed by atoms with van der Waals surface area (Å²) in [6.45, 7) is 0.220. The van der Waals surface area contributed by atoms with E-state index >= 15 is 0 Å². The zero-order valence-electron chi connectivity index (χ0n) is 14.1. The Labute approximate surface area is 160 Å². The van der Waals surface area contributed by atoms with Gasteiger partial charge >= 0.3 is 18.4 Å². The number of amides is 2. The van der Waals surface area contributed by atoms with E-state index in [0.29, 0.717) is 12.0 Å². The molecule has 0 radical (unpaired) electrons. The zero-order valence-corrected chi connectivity index (χ0v) is 14.8. The number of hydrogen-bond donors (Lipinski definition) is 1. The van der Waals surface area contributed by atoms with Gasteiger partial charge in [-0.1, -0.05) is 17.7 Å². The lowest BCUT2D eigenvalue weighted by Gasteiger charge is -2.29. The van der Waals surface area contributed by atoms with Crippen molar-refractivity contribution < 1.29 is 31.1 Å². The van der Waals surface area contributed by atoms with Crippen LogP contribution in [0.5, 0.6) is 0 Å². The monoisotopic (exact) mass is 422 g/mol. The molecule has 0 saturated carbocycles. The second-order valence-electron chi connectivity index (χ2n) is 6.28. The minimum absolute atomic E-state index is 0.0422. The molecule has 0 saturated heterocycles. The molecule has 0 unspecified atom stereocenters. The summed E-state index contributed by atoms with van der Waals surface area (Å²) in [6.07, 6.45) is -8.74. The average Bonchev–Trinajstić information content (AvgIpc) is 2.59. The van der Waals surface area contributed by atoms with Crippen LogP contribution >= 0.6 is 11.6 Å². The molecule has 10 heteroatoms. The Morgan fingerprint density at radius 2 is 1.68 bits per heavy atom. The van der Waals surface area contributed by atoms with Gasteiger partial charge in [0.05, 0.1) is 16.1 Å². The van der Waals surface area contributed by atoms with Crippen molar-refractivity contribution in [3.8, 4) is 0 Å². The predicted molar refractivity (Wildman–Crippen MR) is 91.0 cm³/mol. The van der Waals surface area contributed by atoms with Crippen molar-refractivity contribution in [3.05, 3.63) is 63.7 Å². The number of urea groups is 1. The lowest BCUT2D eigenvalue weighted by molar-refractivity contribution is -0.138. The second kappa shape index (κ2) is 7.20. The quantitative estimate of drug-likeness (QED) is 0.564. The number of carbonyl (C=O) groups is 1. The van der Waals surface area contributed by atoms with Crippen molar-refractivity contribution in [3.63, 3.8) is 0 Å². The molecule has 0 spiro atoms. The summed E-state index contributed by atoms with van der Waals surface area (Å²) in [5, 5.41) is 1.85. The van der Waals surface area contributed by atoms with Gasteiger partial charge in [0.1, 0.15) is 0 Å². The molecule has 3 rings (SSSR count). The van der Waals surface area contributed by atoms with E-state index in [9.17, 15) is 31.1 Å². The molecule has 1 heterocycles. The Balaban J connectivity index is 1.74. The second-order valence-corrected chi connectivity index (χ2v) is 6.68. The third kappa shape index (κ3) is 4.35. The van der Waals surface area contributed by atoms with Crippen LogP contribution in [-0.4, -0.2) is 17.5 Å². The summed E-state index contributed by atoms with van der Waals surface area (Å²) in [6, 6.07) is 5.54. The van der Waals surface area contributed by atoms with Crippen LogP contribution in [0.15, 0.2) is 36.4 Å². The molecular formula is C18H13ClF6N2O. The highest BCUT2D eigenvalue weighted by molar-refractivity contribution is 6.31. The summed E-state index contributed by atoms with van der Waals surface area (Å²) in [4.78, 5) is 13.7. The summed E-state index contributed by atoms with van der Waals surface area (Å²) in [7, 11) is 0. The van der Waals surface area contributed by atoms with Gasteiger partial charge in [0, 0.05) is 18.8 Å². The first-order chi connectivity index (χ1) is 12.9. The van der Waals surface area contributed by atoms with Gasteiger partial charge in [0.15, 0.2) is 0 Å². The average molecular weight is 423 g/mol. The molecule has 3 nitrogen and oxygen atoms in total. The normalized spacial score (nSPS) is 14.6. The van der Waals surface area contributed by atoms with Gasteiger partial charge in [-0.3, -0.25) is 0 Å². The van der Waals surface area contributed by atoms with Crippen molar-refractivity contribution in [2.45, 2.75) is 25.3 Å². The first-order valence-corrected chi connectivity index (χ1v) is 8.44. The Kier molecular flexibility index (Phi) is 5.22. The SMILES string of the molecule is O=C(Nc1ccc(C(F)(F)F)c(Cl)c1)N1CCc2ccc(C(F)(F)F)cc2C1. The van der Waals surface area contributed by atoms with E-state index in [1.807, 2.05) is 0 Å². The summed E-state index contributed by atoms with van der Waals surface area (Å²) in [5.41, 5.74) is -0.684. The van der Waals surface area contributed by atoms with E-state index < -0.39 is 34.5 Å². The molecule has 150 valence electrons. The fraction of sp³-hybridized carbons (Fsp3) is 0.278. The molecule has 0 aromatic heterocycles. The van der Waals surface area contributed by atoms with Gasteiger partial charge < -0.3 is 10.2 Å². The number of carbonyl (C=O) groups excluding carboxylic acids is 1. The van der Waals surface area contributed by atoms with Crippen molar-refractivity contribution in [1.82, 2.24) is 4.90 Å². The van der Waals surface area contributed by atoms with Crippen LogP contribution in [0.2, 0.25) is 5.02 Å². The van der Waals surface area contributed by atoms with Gasteiger partial charge in [-0.2, -0.15) is 26.3 Å². The fourth-order valence-corrected chi connectivity index (χ4v) is 3.22. The van der Waals surface area contributed by atoms with Gasteiger partial charge in [-0.15, -0.1) is 0 Å². The van der Waals surface area contributed by atoms with Crippen LogP contribution in [-0.2, 0) is 25.3 Å². The van der Waals surface area contributed by atoms with Crippen molar-refractivity contribution in [2.24, 2.45) is 0 Å². The number of nitrogens with zero attached hydrogens (tertiary/aromatic N) is 1. The van der Waals surface area contributed by atoms with Crippen molar-refractivity contribution >= 4 is 23.3 Å². The molecule has 0 atom stereocenters. The summed E-state index contributed by atoms with van der Waals surface area (Å²) >= 11 is 5.62. The standard InChI is InChI=1S/C18H13ClF6N2O/c19-15-8-13(3-4-14(15)18(23,24)25)26-16(28)27-6-5-10-1-2-12(17(20,21)22)7-11(10)9-27/h1-4,7-8H,5-6,9H2,(H,26,28). The molecule has 2 aromatic carbocycles. The van der Waals surface area contributed by atoms with Gasteiger partial charge in [-0.05, 0) is 47.9 Å². The number of halogens is 7. The van der Waals surface area contributed by atoms with Crippen LogP contribution in [0.4, 0.5) is 36.8 Å². The molecule has 28 heavy (non-hydrogen) atoms. The molecule has 2 aromatic rings. The Bertz CT molecular complexity index is 910. The third-order valence-corrected chi connectivity index (χ3v) is 4.67. The maximum atomic E-state index is 12.9. The molecule has 1 N–H and O–H groups in total. The summed E-state index contributed by atoms with van der Waals surface area (Å²) in [5.74, 6) is 0.